The summed E-state index contributed by atoms with van der Waals surface area (Å²) in [7, 11) is 4.47. The van der Waals surface area contributed by atoms with Gasteiger partial charge < -0.3 is 23.6 Å². The Morgan fingerprint density at radius 2 is 1.69 bits per heavy atom. The van der Waals surface area contributed by atoms with E-state index in [1.54, 1.807) is 30.5 Å². The number of rotatable bonds is 7. The molecule has 0 unspecified atom stereocenters. The first-order valence-corrected chi connectivity index (χ1v) is 13.9. The van der Waals surface area contributed by atoms with E-state index in [1.165, 1.54) is 26.3 Å². The molecule has 1 amide bonds. The number of benzene rings is 3. The number of aromatic nitrogens is 1. The number of nitrogens with one attached hydrogen (secondary N) is 1. The number of hydrogen-bond acceptors (Lipinski definition) is 7. The van der Waals surface area contributed by atoms with Gasteiger partial charge in [-0.25, -0.2) is 5.01 Å². The lowest BCUT2D eigenvalue weighted by atomic mass is 9.92. The van der Waals surface area contributed by atoms with Gasteiger partial charge in [-0.3, -0.25) is 9.59 Å². The van der Waals surface area contributed by atoms with Gasteiger partial charge in [-0.1, -0.05) is 46.3 Å². The molecule has 42 heavy (non-hydrogen) atoms. The summed E-state index contributed by atoms with van der Waals surface area (Å²) in [6.07, 6.45) is 1.80. The Balaban J connectivity index is 1.55. The Kier molecular flexibility index (Phi) is 7.30. The summed E-state index contributed by atoms with van der Waals surface area (Å²) in [5, 5.41) is 7.00. The number of hydrazone groups is 1. The smallest absolute Gasteiger partial charge is 0.274 e. The van der Waals surface area contributed by atoms with Crippen molar-refractivity contribution in [1.29, 1.82) is 0 Å². The highest BCUT2D eigenvalue weighted by atomic mass is 79.9. The molecule has 1 atom stereocenters. The van der Waals surface area contributed by atoms with Crippen molar-refractivity contribution in [2.45, 2.75) is 12.5 Å². The number of furan rings is 1. The summed E-state index contributed by atoms with van der Waals surface area (Å²) < 4.78 is 23.0. The van der Waals surface area contributed by atoms with Crippen molar-refractivity contribution >= 4 is 38.5 Å². The molecule has 0 saturated carbocycles. The van der Waals surface area contributed by atoms with Crippen molar-refractivity contribution in [2.24, 2.45) is 5.10 Å². The van der Waals surface area contributed by atoms with E-state index in [0.717, 1.165) is 21.0 Å². The van der Waals surface area contributed by atoms with E-state index in [2.05, 4.69) is 20.9 Å². The van der Waals surface area contributed by atoms with Crippen LogP contribution in [0.15, 0.2) is 97.8 Å². The quantitative estimate of drug-likeness (QED) is 0.219. The van der Waals surface area contributed by atoms with E-state index in [9.17, 15) is 9.59 Å². The predicted octanol–water partition coefficient (Wildman–Crippen LogP) is 6.57. The lowest BCUT2D eigenvalue weighted by Crippen LogP contribution is -2.27. The standard InChI is InChI=1S/C32H26BrN3O6/c1-39-26-14-19(15-27(40-2)30(26)41-3)32(38)36-24(25-10-7-13-42-25)17-23(35-36)29-28(18-8-5-4-6-9-18)21-16-20(33)11-12-22(21)34-31(29)37/h4-16,24H,17H2,1-3H3,(H,34,37)/t24-/m0/s1. The monoisotopic (exact) mass is 627 g/mol. The summed E-state index contributed by atoms with van der Waals surface area (Å²) in [6.45, 7) is 0. The molecule has 5 aromatic rings. The lowest BCUT2D eigenvalue weighted by Gasteiger charge is -2.21. The van der Waals surface area contributed by atoms with Gasteiger partial charge in [-0.05, 0) is 48.0 Å². The summed E-state index contributed by atoms with van der Waals surface area (Å²) in [5.41, 5.74) is 3.09. The Morgan fingerprint density at radius 3 is 2.33 bits per heavy atom. The highest BCUT2D eigenvalue weighted by molar-refractivity contribution is 9.10. The number of aromatic amines is 1. The number of H-pyrrole nitrogens is 1. The second-order valence-corrected chi connectivity index (χ2v) is 10.5. The van der Waals surface area contributed by atoms with E-state index < -0.39 is 11.9 Å². The van der Waals surface area contributed by atoms with Crippen molar-refractivity contribution in [3.8, 4) is 28.4 Å². The fraction of sp³-hybridized carbons (Fsp3) is 0.156. The molecule has 0 aliphatic carbocycles. The zero-order chi connectivity index (χ0) is 29.4. The second kappa shape index (κ2) is 11.2. The largest absolute Gasteiger partial charge is 0.493 e. The van der Waals surface area contributed by atoms with Gasteiger partial charge in [0, 0.05) is 32.9 Å². The predicted molar refractivity (Wildman–Crippen MR) is 163 cm³/mol. The van der Waals surface area contributed by atoms with Crippen molar-refractivity contribution in [3.05, 3.63) is 111 Å². The van der Waals surface area contributed by atoms with Crippen molar-refractivity contribution in [2.75, 3.05) is 21.3 Å². The number of ether oxygens (including phenoxy) is 3. The molecule has 212 valence electrons. The molecule has 1 aliphatic heterocycles. The number of amides is 1. The van der Waals surface area contributed by atoms with Crippen LogP contribution in [0.1, 0.15) is 34.1 Å². The molecule has 2 aromatic heterocycles. The second-order valence-electron chi connectivity index (χ2n) is 9.61. The van der Waals surface area contributed by atoms with Crippen LogP contribution in [0.4, 0.5) is 0 Å². The molecule has 1 N–H and O–H groups in total. The first-order chi connectivity index (χ1) is 20.4. The van der Waals surface area contributed by atoms with E-state index in [0.29, 0.717) is 39.8 Å². The highest BCUT2D eigenvalue weighted by Gasteiger charge is 2.38. The number of pyridine rings is 1. The van der Waals surface area contributed by atoms with Crippen molar-refractivity contribution in [1.82, 2.24) is 9.99 Å². The summed E-state index contributed by atoms with van der Waals surface area (Å²) in [5.74, 6) is 1.15. The van der Waals surface area contributed by atoms with Gasteiger partial charge in [0.15, 0.2) is 11.5 Å². The fourth-order valence-corrected chi connectivity index (χ4v) is 5.69. The number of halogens is 1. The summed E-state index contributed by atoms with van der Waals surface area (Å²) in [4.78, 5) is 30.9. The minimum absolute atomic E-state index is 0.256. The van der Waals surface area contributed by atoms with Crippen LogP contribution in [-0.4, -0.2) is 42.9 Å². The minimum atomic E-state index is -0.595. The number of nitrogens with zero attached hydrogens (tertiary/aromatic N) is 2. The molecule has 6 rings (SSSR count). The first-order valence-electron chi connectivity index (χ1n) is 13.1. The first kappa shape index (κ1) is 27.3. The van der Waals surface area contributed by atoms with Crippen LogP contribution in [0.2, 0.25) is 0 Å². The molecule has 1 aliphatic rings. The van der Waals surface area contributed by atoms with Crippen LogP contribution >= 0.6 is 15.9 Å². The van der Waals surface area contributed by atoms with E-state index in [4.69, 9.17) is 23.7 Å². The van der Waals surface area contributed by atoms with Gasteiger partial charge in [0.1, 0.15) is 11.8 Å². The molecule has 0 bridgehead atoms. The Morgan fingerprint density at radius 1 is 0.952 bits per heavy atom. The van der Waals surface area contributed by atoms with Gasteiger partial charge in [0.2, 0.25) is 5.75 Å². The van der Waals surface area contributed by atoms with Gasteiger partial charge in [0.05, 0.1) is 38.9 Å². The zero-order valence-electron chi connectivity index (χ0n) is 23.0. The van der Waals surface area contributed by atoms with E-state index in [1.807, 2.05) is 48.5 Å². The van der Waals surface area contributed by atoms with Crippen LogP contribution in [0.25, 0.3) is 22.0 Å². The topological polar surface area (TPSA) is 106 Å². The van der Waals surface area contributed by atoms with Crippen LogP contribution in [0.5, 0.6) is 17.2 Å². The SMILES string of the molecule is COc1cc(C(=O)N2N=C(c3c(-c4ccccc4)c4cc(Br)ccc4[nH]c3=O)C[C@H]2c2ccco2)cc(OC)c1OC. The van der Waals surface area contributed by atoms with E-state index in [-0.39, 0.29) is 17.5 Å². The molecule has 0 radical (unpaired) electrons. The molecule has 0 spiro atoms. The molecule has 9 nitrogen and oxygen atoms in total. The zero-order valence-corrected chi connectivity index (χ0v) is 24.6. The molecular formula is C32H26BrN3O6. The number of fused-ring (bicyclic) bond motifs is 1. The van der Waals surface area contributed by atoms with Crippen molar-refractivity contribution in [3.63, 3.8) is 0 Å². The molecule has 10 heteroatoms. The summed E-state index contributed by atoms with van der Waals surface area (Å²) >= 11 is 3.57. The number of methoxy groups -OCH3 is 3. The lowest BCUT2D eigenvalue weighted by molar-refractivity contribution is 0.0692. The highest BCUT2D eigenvalue weighted by Crippen LogP contribution is 2.41. The maximum Gasteiger partial charge on any atom is 0.274 e. The van der Waals surface area contributed by atoms with E-state index >= 15 is 0 Å². The average molecular weight is 628 g/mol. The van der Waals surface area contributed by atoms with Crippen molar-refractivity contribution < 1.29 is 23.4 Å². The Labute approximate surface area is 249 Å². The van der Waals surface area contributed by atoms with Crippen LogP contribution in [-0.2, 0) is 0 Å². The normalized spacial score (nSPS) is 14.6. The van der Waals surface area contributed by atoms with Crippen LogP contribution in [0.3, 0.4) is 0 Å². The fourth-order valence-electron chi connectivity index (χ4n) is 5.33. The third-order valence-electron chi connectivity index (χ3n) is 7.23. The van der Waals surface area contributed by atoms with Crippen LogP contribution < -0.4 is 19.8 Å². The summed E-state index contributed by atoms with van der Waals surface area (Å²) in [6, 6.07) is 21.5. The van der Waals surface area contributed by atoms with Gasteiger partial charge in [-0.15, -0.1) is 0 Å². The number of carbonyl (C=O) groups is 1. The molecular weight excluding hydrogens is 602 g/mol. The Hall–Kier alpha value is -4.83. The molecule has 3 aromatic carbocycles. The maximum atomic E-state index is 14.1. The molecule has 0 fully saturated rings. The number of hydrogen-bond donors (Lipinski definition) is 1. The maximum absolute atomic E-state index is 14.1. The molecule has 3 heterocycles. The van der Waals surface area contributed by atoms with Gasteiger partial charge in [-0.2, -0.15) is 5.10 Å². The minimum Gasteiger partial charge on any atom is -0.493 e. The van der Waals surface area contributed by atoms with Gasteiger partial charge >= 0.3 is 0 Å². The van der Waals surface area contributed by atoms with Gasteiger partial charge in [0.25, 0.3) is 11.5 Å². The average Bonchev–Trinajstić information content (AvgIpc) is 3.70. The third kappa shape index (κ3) is 4.73. The Bertz CT molecular complexity index is 1860. The third-order valence-corrected chi connectivity index (χ3v) is 7.72. The van der Waals surface area contributed by atoms with Crippen LogP contribution in [0, 0.1) is 0 Å². The molecule has 0 saturated heterocycles. The number of carbonyl (C=O) groups excluding carboxylic acids is 1.